The number of piperazine rings is 1. The second-order valence-electron chi connectivity index (χ2n) is 6.66. The first-order valence-corrected chi connectivity index (χ1v) is 9.48. The van der Waals surface area contributed by atoms with Gasteiger partial charge >= 0.3 is 0 Å². The molecule has 142 valence electrons. The Bertz CT molecular complexity index is 832. The number of likely N-dealkylation sites (N-methyl/N-ethyl adjacent to an activating group) is 1. The van der Waals surface area contributed by atoms with Gasteiger partial charge in [-0.3, -0.25) is 14.5 Å². The third kappa shape index (κ3) is 5.30. The number of nitrogens with one attached hydrogen (secondary N) is 1. The fraction of sp³-hybridized carbons (Fsp3) is 0.300. The molecule has 1 N–H and O–H groups in total. The van der Waals surface area contributed by atoms with Gasteiger partial charge in [0.2, 0.25) is 0 Å². The molecule has 0 radical (unpaired) electrons. The van der Waals surface area contributed by atoms with Crippen LogP contribution in [-0.4, -0.2) is 61.3 Å². The highest BCUT2D eigenvalue weighted by Crippen LogP contribution is 2.22. The second-order valence-corrected chi connectivity index (χ2v) is 7.50. The summed E-state index contributed by atoms with van der Waals surface area (Å²) in [6.07, 6.45) is 0. The van der Waals surface area contributed by atoms with Crippen LogP contribution in [0.3, 0.4) is 0 Å². The smallest absolute Gasteiger partial charge is 0.257 e. The van der Waals surface area contributed by atoms with Crippen LogP contribution < -0.4 is 5.32 Å². The van der Waals surface area contributed by atoms with E-state index in [2.05, 4.69) is 22.2 Å². The number of halogens is 2. The van der Waals surface area contributed by atoms with Crippen molar-refractivity contribution in [2.75, 3.05) is 45.1 Å². The third-order valence-electron chi connectivity index (χ3n) is 4.60. The Balaban J connectivity index is 1.59. The highest BCUT2D eigenvalue weighted by atomic mass is 35.5. The van der Waals surface area contributed by atoms with E-state index < -0.39 is 0 Å². The van der Waals surface area contributed by atoms with Gasteiger partial charge in [-0.25, -0.2) is 0 Å². The van der Waals surface area contributed by atoms with Crippen LogP contribution in [0.25, 0.3) is 0 Å². The molecule has 1 fully saturated rings. The van der Waals surface area contributed by atoms with E-state index in [0.717, 1.165) is 26.2 Å². The molecule has 0 bridgehead atoms. The molecule has 7 heteroatoms. The molecule has 1 amide bonds. The molecule has 0 unspecified atom stereocenters. The summed E-state index contributed by atoms with van der Waals surface area (Å²) < 4.78 is 0. The number of ketones is 1. The summed E-state index contributed by atoms with van der Waals surface area (Å²) in [6.45, 7) is 4.17. The van der Waals surface area contributed by atoms with Crippen molar-refractivity contribution >= 4 is 40.6 Å². The van der Waals surface area contributed by atoms with Crippen LogP contribution in [-0.2, 0) is 0 Å². The number of benzene rings is 2. The average molecular weight is 406 g/mol. The summed E-state index contributed by atoms with van der Waals surface area (Å²) in [5.41, 5.74) is 1.58. The number of Topliss-reactive ketones (excluding diaryl/α,β-unsaturated/α-hetero) is 1. The number of rotatable bonds is 5. The summed E-state index contributed by atoms with van der Waals surface area (Å²) in [5, 5.41) is 3.54. The zero-order valence-corrected chi connectivity index (χ0v) is 16.6. The Morgan fingerprint density at radius 2 is 1.67 bits per heavy atom. The number of carbonyl (C=O) groups is 2. The lowest BCUT2D eigenvalue weighted by atomic mass is 10.1. The van der Waals surface area contributed by atoms with Crippen LogP contribution in [0.4, 0.5) is 5.69 Å². The standard InChI is InChI=1S/C20H21Cl2N3O2/c1-24-8-10-25(11-9-24)13-19(26)14-2-5-16(6-3-14)23-20(27)17-7-4-15(21)12-18(17)22/h2-7,12H,8-11,13H2,1H3,(H,23,27). The van der Waals surface area contributed by atoms with E-state index >= 15 is 0 Å². The minimum absolute atomic E-state index is 0.0816. The number of anilines is 1. The molecular weight excluding hydrogens is 385 g/mol. The molecule has 1 aliphatic heterocycles. The maximum atomic E-state index is 12.5. The van der Waals surface area contributed by atoms with E-state index in [-0.39, 0.29) is 11.7 Å². The molecule has 3 rings (SSSR count). The molecular formula is C20H21Cl2N3O2. The van der Waals surface area contributed by atoms with Gasteiger partial charge in [0, 0.05) is 42.5 Å². The topological polar surface area (TPSA) is 52.6 Å². The van der Waals surface area contributed by atoms with Gasteiger partial charge in [-0.2, -0.15) is 0 Å². The molecule has 0 atom stereocenters. The van der Waals surface area contributed by atoms with Crippen LogP contribution in [0.1, 0.15) is 20.7 Å². The molecule has 2 aromatic carbocycles. The Morgan fingerprint density at radius 1 is 1.00 bits per heavy atom. The summed E-state index contributed by atoms with van der Waals surface area (Å²) in [5.74, 6) is -0.244. The SMILES string of the molecule is CN1CCN(CC(=O)c2ccc(NC(=O)c3ccc(Cl)cc3Cl)cc2)CC1. The Hall–Kier alpha value is -1.92. The van der Waals surface area contributed by atoms with Gasteiger partial charge in [-0.15, -0.1) is 0 Å². The van der Waals surface area contributed by atoms with Crippen molar-refractivity contribution < 1.29 is 9.59 Å². The second kappa shape index (κ2) is 8.85. The van der Waals surface area contributed by atoms with Gasteiger partial charge in [0.1, 0.15) is 0 Å². The van der Waals surface area contributed by atoms with Gasteiger partial charge in [-0.1, -0.05) is 23.2 Å². The monoisotopic (exact) mass is 405 g/mol. The average Bonchev–Trinajstić information content (AvgIpc) is 2.64. The first kappa shape index (κ1) is 19.8. The maximum Gasteiger partial charge on any atom is 0.257 e. The Kier molecular flexibility index (Phi) is 6.50. The molecule has 5 nitrogen and oxygen atoms in total. The molecule has 1 heterocycles. The summed E-state index contributed by atoms with van der Waals surface area (Å²) >= 11 is 11.9. The fourth-order valence-corrected chi connectivity index (χ4v) is 3.41. The number of carbonyl (C=O) groups excluding carboxylic acids is 2. The molecule has 1 saturated heterocycles. The van der Waals surface area contributed by atoms with E-state index in [1.807, 2.05) is 0 Å². The lowest BCUT2D eigenvalue weighted by molar-refractivity contribution is 0.0876. The molecule has 27 heavy (non-hydrogen) atoms. The highest BCUT2D eigenvalue weighted by molar-refractivity contribution is 6.37. The van der Waals surface area contributed by atoms with E-state index in [1.165, 1.54) is 6.07 Å². The number of hydrogen-bond acceptors (Lipinski definition) is 4. The predicted octanol–water partition coefficient (Wildman–Crippen LogP) is 3.68. The van der Waals surface area contributed by atoms with Crippen molar-refractivity contribution in [2.24, 2.45) is 0 Å². The van der Waals surface area contributed by atoms with Crippen molar-refractivity contribution in [2.45, 2.75) is 0 Å². The summed E-state index contributed by atoms with van der Waals surface area (Å²) in [6, 6.07) is 11.6. The maximum absolute atomic E-state index is 12.5. The number of nitrogens with zero attached hydrogens (tertiary/aromatic N) is 2. The normalized spacial score (nSPS) is 15.5. The number of amides is 1. The van der Waals surface area contributed by atoms with Crippen molar-refractivity contribution in [3.63, 3.8) is 0 Å². The molecule has 0 aliphatic carbocycles. The van der Waals surface area contributed by atoms with Crippen LogP contribution >= 0.6 is 23.2 Å². The first-order chi connectivity index (χ1) is 12.9. The van der Waals surface area contributed by atoms with Crippen LogP contribution in [0.15, 0.2) is 42.5 Å². The van der Waals surface area contributed by atoms with Gasteiger partial charge < -0.3 is 10.2 Å². The predicted molar refractivity (Wildman–Crippen MR) is 109 cm³/mol. The lowest BCUT2D eigenvalue weighted by Gasteiger charge is -2.31. The van der Waals surface area contributed by atoms with Gasteiger partial charge in [-0.05, 0) is 49.5 Å². The number of hydrogen-bond donors (Lipinski definition) is 1. The van der Waals surface area contributed by atoms with Crippen molar-refractivity contribution in [1.82, 2.24) is 9.80 Å². The zero-order chi connectivity index (χ0) is 19.4. The minimum Gasteiger partial charge on any atom is -0.322 e. The fourth-order valence-electron chi connectivity index (χ4n) is 2.91. The van der Waals surface area contributed by atoms with E-state index in [9.17, 15) is 9.59 Å². The highest BCUT2D eigenvalue weighted by Gasteiger charge is 2.17. The van der Waals surface area contributed by atoms with Crippen LogP contribution in [0.2, 0.25) is 10.0 Å². The molecule has 1 aliphatic rings. The summed E-state index contributed by atoms with van der Waals surface area (Å²) in [7, 11) is 2.09. The molecule has 0 spiro atoms. The van der Waals surface area contributed by atoms with Gasteiger partial charge in [0.15, 0.2) is 5.78 Å². The zero-order valence-electron chi connectivity index (χ0n) is 15.0. The molecule has 0 aromatic heterocycles. The molecule has 0 saturated carbocycles. The van der Waals surface area contributed by atoms with Crippen molar-refractivity contribution in [1.29, 1.82) is 0 Å². The van der Waals surface area contributed by atoms with Crippen molar-refractivity contribution in [3.8, 4) is 0 Å². The Morgan fingerprint density at radius 3 is 2.30 bits per heavy atom. The largest absolute Gasteiger partial charge is 0.322 e. The van der Waals surface area contributed by atoms with E-state index in [0.29, 0.717) is 33.4 Å². The Labute approximate surface area is 168 Å². The quantitative estimate of drug-likeness (QED) is 0.770. The van der Waals surface area contributed by atoms with Crippen molar-refractivity contribution in [3.05, 3.63) is 63.6 Å². The van der Waals surface area contributed by atoms with Crippen LogP contribution in [0, 0.1) is 0 Å². The minimum atomic E-state index is -0.326. The molecule has 2 aromatic rings. The van der Waals surface area contributed by atoms with Gasteiger partial charge in [0.25, 0.3) is 5.91 Å². The first-order valence-electron chi connectivity index (χ1n) is 8.73. The third-order valence-corrected chi connectivity index (χ3v) is 5.15. The lowest BCUT2D eigenvalue weighted by Crippen LogP contribution is -2.46. The van der Waals surface area contributed by atoms with Crippen LogP contribution in [0.5, 0.6) is 0 Å². The van der Waals surface area contributed by atoms with E-state index in [1.54, 1.807) is 36.4 Å². The van der Waals surface area contributed by atoms with E-state index in [4.69, 9.17) is 23.2 Å². The van der Waals surface area contributed by atoms with Gasteiger partial charge in [0.05, 0.1) is 17.1 Å². The summed E-state index contributed by atoms with van der Waals surface area (Å²) in [4.78, 5) is 29.2.